The summed E-state index contributed by atoms with van der Waals surface area (Å²) in [5, 5.41) is 5.92. The van der Waals surface area contributed by atoms with Crippen molar-refractivity contribution in [3.63, 3.8) is 0 Å². The van der Waals surface area contributed by atoms with Crippen molar-refractivity contribution in [3.8, 4) is 0 Å². The Labute approximate surface area is 213 Å². The van der Waals surface area contributed by atoms with Crippen LogP contribution in [0.2, 0.25) is 5.02 Å². The molecular weight excluding hydrogens is 482 g/mol. The molecule has 0 radical (unpaired) electrons. The Balaban J connectivity index is 1.42. The van der Waals surface area contributed by atoms with Crippen molar-refractivity contribution in [2.45, 2.75) is 33.0 Å². The van der Waals surface area contributed by atoms with E-state index in [1.807, 2.05) is 54.4 Å². The third-order valence-corrected chi connectivity index (χ3v) is 6.62. The third kappa shape index (κ3) is 6.35. The van der Waals surface area contributed by atoms with Crippen LogP contribution in [0.1, 0.15) is 50.5 Å². The quantitative estimate of drug-likeness (QED) is 0.326. The lowest BCUT2D eigenvalue weighted by atomic mass is 10.2. The molecule has 4 aromatic rings. The number of carbonyl (C=O) groups excluding carboxylic acids is 2. The van der Waals surface area contributed by atoms with Crippen LogP contribution in [0, 0.1) is 0 Å². The van der Waals surface area contributed by atoms with E-state index in [9.17, 15) is 9.59 Å². The Hall–Kier alpha value is -3.49. The summed E-state index contributed by atoms with van der Waals surface area (Å²) >= 11 is 7.71. The minimum atomic E-state index is -0.212. The van der Waals surface area contributed by atoms with Gasteiger partial charge in [0.25, 0.3) is 11.8 Å². The number of thiazole rings is 1. The Morgan fingerprint density at radius 2 is 1.91 bits per heavy atom. The lowest BCUT2D eigenvalue weighted by Gasteiger charge is -2.23. The van der Waals surface area contributed by atoms with Gasteiger partial charge in [-0.1, -0.05) is 30.7 Å². The number of halogens is 1. The second kappa shape index (κ2) is 11.8. The Bertz CT molecular complexity index is 1290. The van der Waals surface area contributed by atoms with E-state index in [1.165, 1.54) is 11.3 Å². The summed E-state index contributed by atoms with van der Waals surface area (Å²) in [5.41, 5.74) is 2.86. The summed E-state index contributed by atoms with van der Waals surface area (Å²) in [7, 11) is 0. The molecule has 0 unspecified atom stereocenters. The minimum Gasteiger partial charge on any atom is -0.347 e. The molecule has 1 aromatic carbocycles. The Morgan fingerprint density at radius 3 is 2.69 bits per heavy atom. The normalized spacial score (nSPS) is 10.8. The molecule has 3 heterocycles. The molecule has 0 saturated carbocycles. The number of nitrogens with one attached hydrogen (secondary N) is 1. The Kier molecular flexibility index (Phi) is 8.28. The number of amides is 2. The number of pyridine rings is 1. The van der Waals surface area contributed by atoms with Crippen LogP contribution in [0.5, 0.6) is 0 Å². The van der Waals surface area contributed by atoms with Crippen molar-refractivity contribution >= 4 is 34.8 Å². The van der Waals surface area contributed by atoms with Gasteiger partial charge in [0.1, 0.15) is 10.7 Å². The van der Waals surface area contributed by atoms with Crippen LogP contribution in [0.4, 0.5) is 0 Å². The van der Waals surface area contributed by atoms with Crippen LogP contribution < -0.4 is 5.32 Å². The zero-order valence-corrected chi connectivity index (χ0v) is 20.9. The van der Waals surface area contributed by atoms with Crippen molar-refractivity contribution in [3.05, 3.63) is 105 Å². The van der Waals surface area contributed by atoms with E-state index < -0.39 is 0 Å². The number of hydrogen-bond donors (Lipinski definition) is 1. The number of carbonyl (C=O) groups is 2. The predicted octanol–water partition coefficient (Wildman–Crippen LogP) is 5.02. The van der Waals surface area contributed by atoms with Gasteiger partial charge in [-0.25, -0.2) is 4.98 Å². The van der Waals surface area contributed by atoms with Crippen molar-refractivity contribution < 1.29 is 9.59 Å². The first kappa shape index (κ1) is 24.6. The molecule has 0 saturated heterocycles. The standard InChI is InChI=1S/C26H26ClN5O2S/c1-2-13-32(26(34)21-7-3-4-8-22(21)27)16-20-6-5-14-31(20)17-24-30-23(18-35-24)25(33)29-15-19-9-11-28-12-10-19/h3-12,14,18H,2,13,15-17H2,1H3,(H,29,33). The van der Waals surface area contributed by atoms with Gasteiger partial charge < -0.3 is 14.8 Å². The SMILES string of the molecule is CCCN(Cc1cccn1Cc1nc(C(=O)NCc2ccncc2)cs1)C(=O)c1ccccc1Cl. The molecular formula is C26H26ClN5O2S. The van der Waals surface area contributed by atoms with Gasteiger partial charge in [0.2, 0.25) is 0 Å². The molecule has 0 aliphatic carbocycles. The third-order valence-electron chi connectivity index (χ3n) is 5.45. The Morgan fingerprint density at radius 1 is 1.11 bits per heavy atom. The molecule has 3 aromatic heterocycles. The second-order valence-corrected chi connectivity index (χ2v) is 9.35. The number of rotatable bonds is 10. The maximum atomic E-state index is 13.2. The number of aromatic nitrogens is 3. The first-order chi connectivity index (χ1) is 17.0. The highest BCUT2D eigenvalue weighted by Crippen LogP contribution is 2.20. The van der Waals surface area contributed by atoms with Crippen LogP contribution >= 0.6 is 22.9 Å². The molecule has 0 aliphatic heterocycles. The van der Waals surface area contributed by atoms with Crippen LogP contribution in [0.3, 0.4) is 0 Å². The zero-order valence-electron chi connectivity index (χ0n) is 19.4. The minimum absolute atomic E-state index is 0.0902. The van der Waals surface area contributed by atoms with Crippen molar-refractivity contribution in [2.75, 3.05) is 6.54 Å². The first-order valence-corrected chi connectivity index (χ1v) is 12.6. The molecule has 4 rings (SSSR count). The fraction of sp³-hybridized carbons (Fsp3) is 0.231. The summed E-state index contributed by atoms with van der Waals surface area (Å²) in [6.07, 6.45) is 6.19. The van der Waals surface area contributed by atoms with Gasteiger partial charge >= 0.3 is 0 Å². The van der Waals surface area contributed by atoms with E-state index in [0.29, 0.717) is 42.5 Å². The second-order valence-electron chi connectivity index (χ2n) is 8.00. The highest BCUT2D eigenvalue weighted by Gasteiger charge is 2.19. The van der Waals surface area contributed by atoms with Crippen LogP contribution in [0.15, 0.2) is 72.5 Å². The molecule has 0 aliphatic rings. The van der Waals surface area contributed by atoms with E-state index in [-0.39, 0.29) is 11.8 Å². The largest absolute Gasteiger partial charge is 0.347 e. The molecule has 0 atom stereocenters. The van der Waals surface area contributed by atoms with Gasteiger partial charge in [0.05, 0.1) is 23.7 Å². The fourth-order valence-corrected chi connectivity index (χ4v) is 4.67. The molecule has 0 spiro atoms. The summed E-state index contributed by atoms with van der Waals surface area (Å²) in [5.74, 6) is -0.302. The van der Waals surface area contributed by atoms with E-state index in [4.69, 9.17) is 11.6 Å². The van der Waals surface area contributed by atoms with E-state index in [2.05, 4.69) is 19.9 Å². The number of hydrogen-bond acceptors (Lipinski definition) is 5. The predicted molar refractivity (Wildman–Crippen MR) is 138 cm³/mol. The van der Waals surface area contributed by atoms with E-state index >= 15 is 0 Å². The summed E-state index contributed by atoms with van der Waals surface area (Å²) < 4.78 is 2.06. The first-order valence-electron chi connectivity index (χ1n) is 11.3. The van der Waals surface area contributed by atoms with Crippen LogP contribution in [-0.2, 0) is 19.6 Å². The lowest BCUT2D eigenvalue weighted by Crippen LogP contribution is -2.32. The topological polar surface area (TPSA) is 80.1 Å². The molecule has 0 fully saturated rings. The van der Waals surface area contributed by atoms with Crippen LogP contribution in [-0.4, -0.2) is 37.8 Å². The molecule has 1 N–H and O–H groups in total. The molecule has 0 bridgehead atoms. The van der Waals surface area contributed by atoms with E-state index in [0.717, 1.165) is 22.7 Å². The number of nitrogens with zero attached hydrogens (tertiary/aromatic N) is 4. The van der Waals surface area contributed by atoms with Crippen LogP contribution in [0.25, 0.3) is 0 Å². The fourth-order valence-electron chi connectivity index (χ4n) is 3.68. The molecule has 9 heteroatoms. The maximum absolute atomic E-state index is 13.2. The van der Waals surface area contributed by atoms with Crippen molar-refractivity contribution in [1.82, 2.24) is 24.8 Å². The highest BCUT2D eigenvalue weighted by atomic mass is 35.5. The van der Waals surface area contributed by atoms with Gasteiger partial charge in [0, 0.05) is 42.8 Å². The summed E-state index contributed by atoms with van der Waals surface area (Å²) in [6, 6.07) is 14.8. The summed E-state index contributed by atoms with van der Waals surface area (Å²) in [6.45, 7) is 4.06. The number of benzene rings is 1. The molecule has 7 nitrogen and oxygen atoms in total. The monoisotopic (exact) mass is 507 g/mol. The average molecular weight is 508 g/mol. The molecule has 2 amide bonds. The summed E-state index contributed by atoms with van der Waals surface area (Å²) in [4.78, 5) is 36.0. The van der Waals surface area contributed by atoms with Gasteiger partial charge in [-0.15, -0.1) is 11.3 Å². The van der Waals surface area contributed by atoms with Gasteiger partial charge in [-0.3, -0.25) is 14.6 Å². The van der Waals surface area contributed by atoms with Gasteiger partial charge in [-0.05, 0) is 48.4 Å². The van der Waals surface area contributed by atoms with Gasteiger partial charge in [-0.2, -0.15) is 0 Å². The lowest BCUT2D eigenvalue weighted by molar-refractivity contribution is 0.0739. The van der Waals surface area contributed by atoms with Crippen molar-refractivity contribution in [2.24, 2.45) is 0 Å². The molecule has 35 heavy (non-hydrogen) atoms. The zero-order chi connectivity index (χ0) is 24.6. The average Bonchev–Trinajstić information content (AvgIpc) is 3.53. The van der Waals surface area contributed by atoms with E-state index in [1.54, 1.807) is 29.9 Å². The maximum Gasteiger partial charge on any atom is 0.271 e. The highest BCUT2D eigenvalue weighted by molar-refractivity contribution is 7.09. The van der Waals surface area contributed by atoms with Crippen molar-refractivity contribution in [1.29, 1.82) is 0 Å². The molecule has 180 valence electrons. The smallest absolute Gasteiger partial charge is 0.271 e. The van der Waals surface area contributed by atoms with Gasteiger partial charge in [0.15, 0.2) is 0 Å².